The highest BCUT2D eigenvalue weighted by atomic mass is 32.2. The molecule has 20 heavy (non-hydrogen) atoms. The molecule has 0 aliphatic carbocycles. The lowest BCUT2D eigenvalue weighted by Gasteiger charge is -2.45. The number of hydrogen-bond donors (Lipinski definition) is 1. The van der Waals surface area contributed by atoms with Gasteiger partial charge in [0, 0.05) is 23.1 Å². The van der Waals surface area contributed by atoms with Crippen molar-refractivity contribution in [2.75, 3.05) is 30.9 Å². The molecule has 1 N–H and O–H groups in total. The fourth-order valence-electron chi connectivity index (χ4n) is 3.30. The first-order chi connectivity index (χ1) is 9.44. The summed E-state index contributed by atoms with van der Waals surface area (Å²) in [5.74, 6) is 4.57. The lowest BCUT2D eigenvalue weighted by molar-refractivity contribution is -0.105. The molecule has 0 saturated carbocycles. The Labute approximate surface area is 133 Å². The SMILES string of the molecule is CNC(CSC(C)(C)C)C1CCOC2(CCSCC2)C1. The van der Waals surface area contributed by atoms with E-state index in [1.807, 2.05) is 0 Å². The molecule has 2 heterocycles. The van der Waals surface area contributed by atoms with Gasteiger partial charge in [-0.25, -0.2) is 0 Å². The van der Waals surface area contributed by atoms with Crippen LogP contribution in [0.15, 0.2) is 0 Å². The van der Waals surface area contributed by atoms with Gasteiger partial charge < -0.3 is 10.1 Å². The van der Waals surface area contributed by atoms with Gasteiger partial charge in [-0.1, -0.05) is 20.8 Å². The Hall–Kier alpha value is 0.620. The normalized spacial score (nSPS) is 28.5. The standard InChI is InChI=1S/C16H31NOS2/c1-15(2,3)20-12-14(17-4)13-5-8-18-16(11-13)6-9-19-10-7-16/h13-14,17H,5-12H2,1-4H3. The van der Waals surface area contributed by atoms with Crippen molar-refractivity contribution in [3.63, 3.8) is 0 Å². The van der Waals surface area contributed by atoms with E-state index in [2.05, 4.69) is 56.7 Å². The van der Waals surface area contributed by atoms with Gasteiger partial charge in [0.05, 0.1) is 5.60 Å². The summed E-state index contributed by atoms with van der Waals surface area (Å²) in [7, 11) is 2.13. The lowest BCUT2D eigenvalue weighted by Crippen LogP contribution is -2.48. The number of rotatable bonds is 4. The molecule has 1 spiro atoms. The second-order valence-corrected chi connectivity index (χ2v) is 10.3. The molecular formula is C16H31NOS2. The van der Waals surface area contributed by atoms with Crippen LogP contribution in [0.3, 0.4) is 0 Å². The highest BCUT2D eigenvalue weighted by molar-refractivity contribution is 8.00. The quantitative estimate of drug-likeness (QED) is 0.851. The first kappa shape index (κ1) is 17.0. The summed E-state index contributed by atoms with van der Waals surface area (Å²) in [6, 6.07) is 0.634. The largest absolute Gasteiger partial charge is 0.375 e. The Balaban J connectivity index is 1.92. The summed E-state index contributed by atoms with van der Waals surface area (Å²) in [6.07, 6.45) is 5.02. The smallest absolute Gasteiger partial charge is 0.0701 e. The zero-order valence-electron chi connectivity index (χ0n) is 13.5. The van der Waals surface area contributed by atoms with E-state index in [0.717, 1.165) is 12.5 Å². The van der Waals surface area contributed by atoms with Gasteiger partial charge in [-0.3, -0.25) is 0 Å². The van der Waals surface area contributed by atoms with Crippen molar-refractivity contribution < 1.29 is 4.74 Å². The van der Waals surface area contributed by atoms with Crippen LogP contribution in [-0.2, 0) is 4.74 Å². The second-order valence-electron chi connectivity index (χ2n) is 7.22. The second kappa shape index (κ2) is 7.26. The molecule has 2 rings (SSSR count). The molecular weight excluding hydrogens is 286 g/mol. The molecule has 0 aromatic heterocycles. The lowest BCUT2D eigenvalue weighted by atomic mass is 9.79. The van der Waals surface area contributed by atoms with Gasteiger partial charge in [0.15, 0.2) is 0 Å². The van der Waals surface area contributed by atoms with Crippen molar-refractivity contribution in [3.05, 3.63) is 0 Å². The molecule has 2 atom stereocenters. The van der Waals surface area contributed by atoms with Crippen LogP contribution in [0.1, 0.15) is 46.5 Å². The van der Waals surface area contributed by atoms with Gasteiger partial charge in [0.2, 0.25) is 0 Å². The highest BCUT2D eigenvalue weighted by Crippen LogP contribution is 2.41. The van der Waals surface area contributed by atoms with Crippen LogP contribution in [0.2, 0.25) is 0 Å². The molecule has 0 aromatic rings. The molecule has 2 fully saturated rings. The third-order valence-corrected chi connectivity index (χ3v) is 6.95. The molecule has 0 amide bonds. The van der Waals surface area contributed by atoms with Crippen molar-refractivity contribution in [1.82, 2.24) is 5.32 Å². The van der Waals surface area contributed by atoms with E-state index in [0.29, 0.717) is 10.8 Å². The minimum Gasteiger partial charge on any atom is -0.375 e. The van der Waals surface area contributed by atoms with Gasteiger partial charge >= 0.3 is 0 Å². The van der Waals surface area contributed by atoms with Crippen LogP contribution in [0.5, 0.6) is 0 Å². The molecule has 0 bridgehead atoms. The van der Waals surface area contributed by atoms with Gasteiger partial charge in [0.25, 0.3) is 0 Å². The van der Waals surface area contributed by atoms with Crippen LogP contribution in [-0.4, -0.2) is 47.3 Å². The Kier molecular flexibility index (Phi) is 6.16. The van der Waals surface area contributed by atoms with E-state index in [9.17, 15) is 0 Å². The summed E-state index contributed by atoms with van der Waals surface area (Å²) in [4.78, 5) is 0. The Morgan fingerprint density at radius 2 is 2.05 bits per heavy atom. The summed E-state index contributed by atoms with van der Waals surface area (Å²) in [6.45, 7) is 7.91. The summed E-state index contributed by atoms with van der Waals surface area (Å²) < 4.78 is 6.59. The predicted molar refractivity (Wildman–Crippen MR) is 93.0 cm³/mol. The summed E-state index contributed by atoms with van der Waals surface area (Å²) >= 11 is 4.18. The molecule has 2 aliphatic heterocycles. The van der Waals surface area contributed by atoms with Gasteiger partial charge in [-0.2, -0.15) is 23.5 Å². The molecule has 118 valence electrons. The summed E-state index contributed by atoms with van der Waals surface area (Å²) in [5.41, 5.74) is 0.218. The van der Waals surface area contributed by atoms with Crippen molar-refractivity contribution in [3.8, 4) is 0 Å². The Morgan fingerprint density at radius 3 is 2.65 bits per heavy atom. The highest BCUT2D eigenvalue weighted by Gasteiger charge is 2.40. The fourth-order valence-corrected chi connectivity index (χ4v) is 5.65. The number of hydrogen-bond acceptors (Lipinski definition) is 4. The molecule has 0 radical (unpaired) electrons. The maximum Gasteiger partial charge on any atom is 0.0701 e. The number of thioether (sulfide) groups is 2. The number of nitrogens with one attached hydrogen (secondary N) is 1. The van der Waals surface area contributed by atoms with Gasteiger partial charge in [0.1, 0.15) is 0 Å². The van der Waals surface area contributed by atoms with Crippen LogP contribution in [0.4, 0.5) is 0 Å². The maximum atomic E-state index is 6.23. The van der Waals surface area contributed by atoms with E-state index in [-0.39, 0.29) is 5.60 Å². The molecule has 0 aromatic carbocycles. The van der Waals surface area contributed by atoms with E-state index in [1.165, 1.54) is 42.9 Å². The van der Waals surface area contributed by atoms with Gasteiger partial charge in [-0.15, -0.1) is 0 Å². The summed E-state index contributed by atoms with van der Waals surface area (Å²) in [5, 5.41) is 3.58. The monoisotopic (exact) mass is 317 g/mol. The van der Waals surface area contributed by atoms with Crippen LogP contribution >= 0.6 is 23.5 Å². The Morgan fingerprint density at radius 1 is 1.35 bits per heavy atom. The maximum absolute atomic E-state index is 6.23. The fraction of sp³-hybridized carbons (Fsp3) is 1.00. The van der Waals surface area contributed by atoms with Crippen molar-refractivity contribution in [1.29, 1.82) is 0 Å². The van der Waals surface area contributed by atoms with E-state index in [1.54, 1.807) is 0 Å². The zero-order valence-corrected chi connectivity index (χ0v) is 15.2. The topological polar surface area (TPSA) is 21.3 Å². The van der Waals surface area contributed by atoms with Crippen molar-refractivity contribution in [2.45, 2.75) is 62.8 Å². The molecule has 2 nitrogen and oxygen atoms in total. The molecule has 2 saturated heterocycles. The van der Waals surface area contributed by atoms with Crippen LogP contribution in [0.25, 0.3) is 0 Å². The molecule has 4 heteroatoms. The first-order valence-corrected chi connectivity index (χ1v) is 10.1. The van der Waals surface area contributed by atoms with Crippen molar-refractivity contribution >= 4 is 23.5 Å². The van der Waals surface area contributed by atoms with Crippen LogP contribution in [0, 0.1) is 5.92 Å². The van der Waals surface area contributed by atoms with E-state index >= 15 is 0 Å². The molecule has 2 aliphatic rings. The first-order valence-electron chi connectivity index (χ1n) is 7.97. The number of ether oxygens (including phenoxy) is 1. The third-order valence-electron chi connectivity index (χ3n) is 4.57. The van der Waals surface area contributed by atoms with E-state index in [4.69, 9.17) is 4.74 Å². The average Bonchev–Trinajstić information content (AvgIpc) is 2.39. The average molecular weight is 318 g/mol. The minimum atomic E-state index is 0.218. The minimum absolute atomic E-state index is 0.218. The van der Waals surface area contributed by atoms with Crippen molar-refractivity contribution in [2.24, 2.45) is 5.92 Å². The molecule has 2 unspecified atom stereocenters. The zero-order chi connectivity index (χ0) is 14.6. The third kappa shape index (κ3) is 4.82. The van der Waals surface area contributed by atoms with Gasteiger partial charge in [-0.05, 0) is 50.2 Å². The Bertz CT molecular complexity index is 292. The van der Waals surface area contributed by atoms with E-state index < -0.39 is 0 Å². The predicted octanol–water partition coefficient (Wildman–Crippen LogP) is 3.80. The van der Waals surface area contributed by atoms with Crippen LogP contribution < -0.4 is 5.32 Å².